The average molecular weight is 1260 g/mol. The first kappa shape index (κ1) is 83.1. The van der Waals surface area contributed by atoms with Crippen LogP contribution in [0.2, 0.25) is 0 Å². The Balaban J connectivity index is 5.21. The van der Waals surface area contributed by atoms with Crippen LogP contribution in [-0.2, 0) is 65.4 Å². The maximum atomic E-state index is 13.0. The molecule has 0 rings (SSSR count). The first-order valence-electron chi connectivity index (χ1n) is 34.5. The minimum Gasteiger partial charge on any atom is -0.462 e. The van der Waals surface area contributed by atoms with Gasteiger partial charge in [0.15, 0.2) is 12.2 Å². The van der Waals surface area contributed by atoms with Gasteiger partial charge >= 0.3 is 39.5 Å². The minimum absolute atomic E-state index is 0.103. The molecule has 0 heterocycles. The van der Waals surface area contributed by atoms with Crippen LogP contribution in [0.3, 0.4) is 0 Å². The summed E-state index contributed by atoms with van der Waals surface area (Å²) in [7, 11) is -9.89. The van der Waals surface area contributed by atoms with Crippen molar-refractivity contribution in [2.75, 3.05) is 39.6 Å². The molecule has 85 heavy (non-hydrogen) atoms. The number of hydrogen-bond acceptors (Lipinski definition) is 15. The largest absolute Gasteiger partial charge is 0.472 e. The van der Waals surface area contributed by atoms with E-state index in [4.69, 9.17) is 37.0 Å². The van der Waals surface area contributed by atoms with Gasteiger partial charge in [-0.1, -0.05) is 279 Å². The fourth-order valence-corrected chi connectivity index (χ4v) is 11.4. The summed E-state index contributed by atoms with van der Waals surface area (Å²) in [5, 5.41) is 10.5. The van der Waals surface area contributed by atoms with Gasteiger partial charge in [0.25, 0.3) is 0 Å². The summed E-state index contributed by atoms with van der Waals surface area (Å²) in [6, 6.07) is 0. The van der Waals surface area contributed by atoms with Gasteiger partial charge in [-0.3, -0.25) is 37.3 Å². The quantitative estimate of drug-likeness (QED) is 0.0222. The van der Waals surface area contributed by atoms with Crippen LogP contribution in [0.4, 0.5) is 0 Å². The van der Waals surface area contributed by atoms with E-state index in [1.165, 1.54) is 135 Å². The molecule has 0 saturated carbocycles. The Hall–Kier alpha value is -1.94. The number of hydrogen-bond donors (Lipinski definition) is 3. The molecule has 0 aromatic heterocycles. The molecule has 3 unspecified atom stereocenters. The third-order valence-corrected chi connectivity index (χ3v) is 17.5. The molecule has 6 atom stereocenters. The molecule has 0 aliphatic carbocycles. The first-order chi connectivity index (χ1) is 40.9. The number of rotatable bonds is 65. The van der Waals surface area contributed by atoms with Gasteiger partial charge in [-0.2, -0.15) is 0 Å². The second kappa shape index (κ2) is 58.4. The molecule has 19 heteroatoms. The number of carbonyl (C=O) groups excluding carboxylic acids is 4. The van der Waals surface area contributed by atoms with Gasteiger partial charge in [0.1, 0.15) is 19.3 Å². The predicted molar refractivity (Wildman–Crippen MR) is 340 cm³/mol. The van der Waals surface area contributed by atoms with Crippen molar-refractivity contribution in [2.45, 2.75) is 349 Å². The monoisotopic (exact) mass is 1250 g/mol. The van der Waals surface area contributed by atoms with Crippen molar-refractivity contribution in [2.24, 2.45) is 11.8 Å². The number of aliphatic hydroxyl groups excluding tert-OH is 1. The van der Waals surface area contributed by atoms with E-state index in [0.29, 0.717) is 31.6 Å². The van der Waals surface area contributed by atoms with Crippen molar-refractivity contribution in [3.63, 3.8) is 0 Å². The SMILES string of the molecule is CCCCCCCCCCCCCCCCCCC(=O)O[C@H](COC(=O)CCCCCCCCCCC(C)CC)COP(=O)(O)OC[C@@H](O)COP(=O)(O)OC[C@@H](COC(=O)CCCCCCCCC)OC(=O)CCCCCCCCCC(C)C. The van der Waals surface area contributed by atoms with Crippen LogP contribution in [0.15, 0.2) is 0 Å². The second-order valence-electron chi connectivity index (χ2n) is 24.6. The Kier molecular flexibility index (Phi) is 57.1. The molecule has 0 aromatic carbocycles. The van der Waals surface area contributed by atoms with Gasteiger partial charge in [0, 0.05) is 25.7 Å². The maximum absolute atomic E-state index is 13.0. The molecule has 0 fully saturated rings. The predicted octanol–water partition coefficient (Wildman–Crippen LogP) is 18.4. The number of carbonyl (C=O) groups is 4. The minimum atomic E-state index is -4.95. The summed E-state index contributed by atoms with van der Waals surface area (Å²) < 4.78 is 68.0. The molecule has 0 aromatic rings. The molecular formula is C66H128O17P2. The average Bonchev–Trinajstić information content (AvgIpc) is 3.50. The Morgan fingerprint density at radius 3 is 0.894 bits per heavy atom. The Morgan fingerprint density at radius 1 is 0.341 bits per heavy atom. The fourth-order valence-electron chi connectivity index (χ4n) is 9.85. The van der Waals surface area contributed by atoms with Crippen LogP contribution in [-0.4, -0.2) is 96.7 Å². The van der Waals surface area contributed by atoms with Crippen molar-refractivity contribution in [3.05, 3.63) is 0 Å². The highest BCUT2D eigenvalue weighted by Crippen LogP contribution is 2.45. The number of unbranched alkanes of at least 4 members (excludes halogenated alkanes) is 34. The third kappa shape index (κ3) is 59.5. The van der Waals surface area contributed by atoms with Crippen molar-refractivity contribution in [3.8, 4) is 0 Å². The molecular weight excluding hydrogens is 1130 g/mol. The standard InChI is InChI=1S/C66H128O17P2/c1-7-10-12-14-16-17-18-19-20-21-22-23-24-32-38-44-50-65(70)82-62(55-77-64(69)49-43-37-31-26-25-30-35-41-47-59(6)9-3)57-81-85(74,75)79-53-60(67)52-78-84(72,73)80-56-61(54-76-63(68)48-42-36-28-15-13-11-8-2)83-66(71)51-45-39-33-27-29-34-40-46-58(4)5/h58-62,67H,7-57H2,1-6H3,(H,72,73)(H,74,75)/t59?,60-,61+,62+/m0/s1. The summed E-state index contributed by atoms with van der Waals surface area (Å²) in [4.78, 5) is 72.2. The van der Waals surface area contributed by atoms with Gasteiger partial charge in [0.2, 0.25) is 0 Å². The van der Waals surface area contributed by atoms with Crippen molar-refractivity contribution in [1.82, 2.24) is 0 Å². The number of ether oxygens (including phenoxy) is 4. The summed E-state index contributed by atoms with van der Waals surface area (Å²) in [5.74, 6) is -0.663. The molecule has 17 nitrogen and oxygen atoms in total. The Labute approximate surface area is 517 Å². The molecule has 0 radical (unpaired) electrons. The Morgan fingerprint density at radius 2 is 0.600 bits per heavy atom. The van der Waals surface area contributed by atoms with Gasteiger partial charge in [0.05, 0.1) is 26.4 Å². The van der Waals surface area contributed by atoms with Crippen LogP contribution in [0.25, 0.3) is 0 Å². The van der Waals surface area contributed by atoms with E-state index >= 15 is 0 Å². The first-order valence-corrected chi connectivity index (χ1v) is 37.5. The van der Waals surface area contributed by atoms with Crippen molar-refractivity contribution in [1.29, 1.82) is 0 Å². The highest BCUT2D eigenvalue weighted by Gasteiger charge is 2.30. The van der Waals surface area contributed by atoms with E-state index in [0.717, 1.165) is 109 Å². The maximum Gasteiger partial charge on any atom is 0.472 e. The molecule has 0 aliphatic heterocycles. The molecule has 3 N–H and O–H groups in total. The van der Waals surface area contributed by atoms with E-state index in [-0.39, 0.29) is 25.7 Å². The zero-order valence-corrected chi connectivity index (χ0v) is 56.7. The smallest absolute Gasteiger partial charge is 0.462 e. The molecule has 0 spiro atoms. The second-order valence-corrected chi connectivity index (χ2v) is 27.5. The summed E-state index contributed by atoms with van der Waals surface area (Å²) in [6.07, 6.45) is 41.8. The van der Waals surface area contributed by atoms with Crippen LogP contribution in [0.5, 0.6) is 0 Å². The van der Waals surface area contributed by atoms with Gasteiger partial charge in [-0.15, -0.1) is 0 Å². The zero-order valence-electron chi connectivity index (χ0n) is 54.9. The van der Waals surface area contributed by atoms with E-state index in [2.05, 4.69) is 41.5 Å². The summed E-state index contributed by atoms with van der Waals surface area (Å²) >= 11 is 0. The topological polar surface area (TPSA) is 237 Å². The lowest BCUT2D eigenvalue weighted by molar-refractivity contribution is -0.161. The van der Waals surface area contributed by atoms with E-state index in [9.17, 15) is 43.2 Å². The van der Waals surface area contributed by atoms with Crippen molar-refractivity contribution >= 4 is 39.5 Å². The summed E-state index contributed by atoms with van der Waals surface area (Å²) in [5.41, 5.74) is 0. The number of aliphatic hydroxyl groups is 1. The summed E-state index contributed by atoms with van der Waals surface area (Å²) in [6.45, 7) is 9.41. The van der Waals surface area contributed by atoms with Crippen LogP contribution in [0.1, 0.15) is 330 Å². The van der Waals surface area contributed by atoms with Gasteiger partial charge in [-0.25, -0.2) is 9.13 Å². The number of phosphoric acid groups is 2. The number of esters is 4. The molecule has 504 valence electrons. The lowest BCUT2D eigenvalue weighted by atomic mass is 9.99. The molecule has 0 bridgehead atoms. The van der Waals surface area contributed by atoms with Crippen LogP contribution >= 0.6 is 15.6 Å². The Bertz CT molecular complexity index is 1670. The lowest BCUT2D eigenvalue weighted by Crippen LogP contribution is -2.30. The fraction of sp³-hybridized carbons (Fsp3) is 0.939. The van der Waals surface area contributed by atoms with Crippen LogP contribution in [0, 0.1) is 11.8 Å². The highest BCUT2D eigenvalue weighted by atomic mass is 31.2. The normalized spacial score (nSPS) is 14.6. The third-order valence-electron chi connectivity index (χ3n) is 15.6. The molecule has 0 aliphatic rings. The number of phosphoric ester groups is 2. The van der Waals surface area contributed by atoms with Crippen molar-refractivity contribution < 1.29 is 80.2 Å². The van der Waals surface area contributed by atoms with Gasteiger partial charge in [-0.05, 0) is 37.5 Å². The van der Waals surface area contributed by atoms with E-state index < -0.39 is 97.5 Å². The highest BCUT2D eigenvalue weighted by molar-refractivity contribution is 7.47. The zero-order chi connectivity index (χ0) is 62.9. The molecule has 0 amide bonds. The van der Waals surface area contributed by atoms with Gasteiger partial charge < -0.3 is 33.8 Å². The van der Waals surface area contributed by atoms with Crippen LogP contribution < -0.4 is 0 Å². The van der Waals surface area contributed by atoms with E-state index in [1.807, 2.05) is 0 Å². The molecule has 0 saturated heterocycles. The van der Waals surface area contributed by atoms with E-state index in [1.54, 1.807) is 0 Å². The lowest BCUT2D eigenvalue weighted by Gasteiger charge is -2.21.